The summed E-state index contributed by atoms with van der Waals surface area (Å²) in [4.78, 5) is 22.6. The Labute approximate surface area is 84.5 Å². The minimum Gasteiger partial charge on any atom is -0.481 e. The number of rotatable bonds is 5. The van der Waals surface area contributed by atoms with E-state index in [4.69, 9.17) is 5.11 Å². The lowest BCUT2D eigenvalue weighted by atomic mass is 9.77. The van der Waals surface area contributed by atoms with Crippen LogP contribution in [0.5, 0.6) is 0 Å². The van der Waals surface area contributed by atoms with E-state index in [-0.39, 0.29) is 12.2 Å². The molecule has 0 spiro atoms. The van der Waals surface area contributed by atoms with E-state index in [1.807, 2.05) is 6.92 Å². The van der Waals surface area contributed by atoms with Crippen LogP contribution in [-0.4, -0.2) is 16.9 Å². The van der Waals surface area contributed by atoms with E-state index in [0.717, 1.165) is 32.1 Å². The lowest BCUT2D eigenvalue weighted by Crippen LogP contribution is -2.30. The Morgan fingerprint density at radius 1 is 1.29 bits per heavy atom. The number of ketones is 1. The molecule has 1 aliphatic carbocycles. The van der Waals surface area contributed by atoms with Gasteiger partial charge in [-0.1, -0.05) is 19.8 Å². The van der Waals surface area contributed by atoms with E-state index >= 15 is 0 Å². The molecule has 1 fully saturated rings. The molecular weight excluding hydrogens is 180 g/mol. The summed E-state index contributed by atoms with van der Waals surface area (Å²) in [6, 6.07) is 0. The zero-order chi connectivity index (χ0) is 10.6. The third kappa shape index (κ3) is 2.34. The molecule has 0 atom stereocenters. The van der Waals surface area contributed by atoms with Gasteiger partial charge in [-0.25, -0.2) is 0 Å². The van der Waals surface area contributed by atoms with Gasteiger partial charge in [0.1, 0.15) is 5.78 Å². The van der Waals surface area contributed by atoms with Gasteiger partial charge in [-0.05, 0) is 19.3 Å². The number of carbonyl (C=O) groups excluding carboxylic acids is 1. The van der Waals surface area contributed by atoms with Crippen LogP contribution in [0.3, 0.4) is 0 Å². The molecule has 3 heteroatoms. The average molecular weight is 198 g/mol. The predicted molar refractivity (Wildman–Crippen MR) is 53.1 cm³/mol. The smallest absolute Gasteiger partial charge is 0.304 e. The molecule has 0 radical (unpaired) electrons. The van der Waals surface area contributed by atoms with Crippen molar-refractivity contribution in [2.75, 3.05) is 0 Å². The molecule has 1 N–H and O–H groups in total. The van der Waals surface area contributed by atoms with Crippen LogP contribution in [0, 0.1) is 5.41 Å². The zero-order valence-electron chi connectivity index (χ0n) is 8.71. The molecule has 80 valence electrons. The molecule has 0 aromatic heterocycles. The van der Waals surface area contributed by atoms with Crippen LogP contribution in [0.25, 0.3) is 0 Å². The molecule has 1 aliphatic rings. The van der Waals surface area contributed by atoms with Gasteiger partial charge in [0.25, 0.3) is 0 Å². The van der Waals surface area contributed by atoms with Gasteiger partial charge in [0.15, 0.2) is 0 Å². The number of aliphatic carboxylic acids is 1. The number of carboxylic acids is 1. The van der Waals surface area contributed by atoms with Crippen molar-refractivity contribution in [2.24, 2.45) is 5.41 Å². The fraction of sp³-hybridized carbons (Fsp3) is 0.818. The van der Waals surface area contributed by atoms with Gasteiger partial charge in [0.2, 0.25) is 0 Å². The molecule has 0 unspecified atom stereocenters. The quantitative estimate of drug-likeness (QED) is 0.738. The summed E-state index contributed by atoms with van der Waals surface area (Å²) in [6.07, 6.45) is 4.95. The molecule has 1 rings (SSSR count). The van der Waals surface area contributed by atoms with Gasteiger partial charge < -0.3 is 5.11 Å². The Kier molecular flexibility index (Phi) is 3.67. The topological polar surface area (TPSA) is 54.4 Å². The molecule has 0 aromatic carbocycles. The maximum atomic E-state index is 11.8. The highest BCUT2D eigenvalue weighted by Gasteiger charge is 2.41. The van der Waals surface area contributed by atoms with Crippen LogP contribution < -0.4 is 0 Å². The van der Waals surface area contributed by atoms with Crippen molar-refractivity contribution in [3.63, 3.8) is 0 Å². The van der Waals surface area contributed by atoms with Crippen LogP contribution in [0.2, 0.25) is 0 Å². The second-order valence-electron chi connectivity index (χ2n) is 4.23. The first-order valence-electron chi connectivity index (χ1n) is 5.36. The monoisotopic (exact) mass is 198 g/mol. The van der Waals surface area contributed by atoms with Gasteiger partial charge in [-0.15, -0.1) is 0 Å². The molecule has 0 amide bonds. The Bertz CT molecular complexity index is 227. The highest BCUT2D eigenvalue weighted by Crippen LogP contribution is 2.42. The maximum absolute atomic E-state index is 11.8. The van der Waals surface area contributed by atoms with Crippen LogP contribution >= 0.6 is 0 Å². The Hall–Kier alpha value is -0.860. The molecule has 3 nitrogen and oxygen atoms in total. The largest absolute Gasteiger partial charge is 0.481 e. The molecule has 0 bridgehead atoms. The van der Waals surface area contributed by atoms with Crippen LogP contribution in [0.4, 0.5) is 0 Å². The SMILES string of the molecule is CCCC(=O)C1(CC(=O)O)CCCC1. The van der Waals surface area contributed by atoms with Crippen LogP contribution in [0.15, 0.2) is 0 Å². The number of hydrogen-bond donors (Lipinski definition) is 1. The lowest BCUT2D eigenvalue weighted by Gasteiger charge is -2.25. The summed E-state index contributed by atoms with van der Waals surface area (Å²) >= 11 is 0. The van der Waals surface area contributed by atoms with Crippen molar-refractivity contribution in [3.8, 4) is 0 Å². The third-order valence-corrected chi connectivity index (χ3v) is 3.12. The first kappa shape index (κ1) is 11.2. The van der Waals surface area contributed by atoms with Crippen molar-refractivity contribution >= 4 is 11.8 Å². The molecule has 0 saturated heterocycles. The summed E-state index contributed by atoms with van der Waals surface area (Å²) < 4.78 is 0. The zero-order valence-corrected chi connectivity index (χ0v) is 8.71. The molecule has 14 heavy (non-hydrogen) atoms. The lowest BCUT2D eigenvalue weighted by molar-refractivity contribution is -0.144. The summed E-state index contributed by atoms with van der Waals surface area (Å²) in [5, 5.41) is 8.80. The standard InChI is InChI=1S/C11H18O3/c1-2-5-9(12)11(8-10(13)14)6-3-4-7-11/h2-8H2,1H3,(H,13,14). The van der Waals surface area contributed by atoms with E-state index in [2.05, 4.69) is 0 Å². The summed E-state index contributed by atoms with van der Waals surface area (Å²) in [5.41, 5.74) is -0.512. The number of hydrogen-bond acceptors (Lipinski definition) is 2. The molecule has 1 saturated carbocycles. The van der Waals surface area contributed by atoms with Crippen molar-refractivity contribution < 1.29 is 14.7 Å². The Morgan fingerprint density at radius 3 is 2.29 bits per heavy atom. The first-order valence-corrected chi connectivity index (χ1v) is 5.36. The van der Waals surface area contributed by atoms with Gasteiger partial charge in [-0.2, -0.15) is 0 Å². The summed E-state index contributed by atoms with van der Waals surface area (Å²) in [7, 11) is 0. The first-order chi connectivity index (χ1) is 6.60. The van der Waals surface area contributed by atoms with Crippen molar-refractivity contribution in [1.29, 1.82) is 0 Å². The maximum Gasteiger partial charge on any atom is 0.304 e. The number of carbonyl (C=O) groups is 2. The van der Waals surface area contributed by atoms with Crippen LogP contribution in [-0.2, 0) is 9.59 Å². The third-order valence-electron chi connectivity index (χ3n) is 3.12. The van der Waals surface area contributed by atoms with Crippen molar-refractivity contribution in [2.45, 2.75) is 51.9 Å². The summed E-state index contributed by atoms with van der Waals surface area (Å²) in [6.45, 7) is 1.96. The van der Waals surface area contributed by atoms with Crippen LogP contribution in [0.1, 0.15) is 51.9 Å². The average Bonchev–Trinajstić information content (AvgIpc) is 2.53. The summed E-state index contributed by atoms with van der Waals surface area (Å²) in [5.74, 6) is -0.670. The Morgan fingerprint density at radius 2 is 1.86 bits per heavy atom. The van der Waals surface area contributed by atoms with Crippen molar-refractivity contribution in [1.82, 2.24) is 0 Å². The highest BCUT2D eigenvalue weighted by atomic mass is 16.4. The predicted octanol–water partition coefficient (Wildman–Crippen LogP) is 2.39. The van der Waals surface area contributed by atoms with E-state index < -0.39 is 11.4 Å². The normalized spacial score (nSPS) is 19.5. The van der Waals surface area contributed by atoms with Crippen molar-refractivity contribution in [3.05, 3.63) is 0 Å². The van der Waals surface area contributed by atoms with E-state index in [1.165, 1.54) is 0 Å². The van der Waals surface area contributed by atoms with Gasteiger partial charge in [0.05, 0.1) is 6.42 Å². The number of carboxylic acid groups (broad SMARTS) is 1. The Balaban J connectivity index is 2.70. The molecule has 0 heterocycles. The molecular formula is C11H18O3. The van der Waals surface area contributed by atoms with E-state index in [1.54, 1.807) is 0 Å². The molecule has 0 aliphatic heterocycles. The van der Waals surface area contributed by atoms with E-state index in [9.17, 15) is 9.59 Å². The van der Waals surface area contributed by atoms with Gasteiger partial charge in [-0.3, -0.25) is 9.59 Å². The second kappa shape index (κ2) is 4.58. The van der Waals surface area contributed by atoms with Gasteiger partial charge in [0, 0.05) is 11.8 Å². The highest BCUT2D eigenvalue weighted by molar-refractivity contribution is 5.88. The second-order valence-corrected chi connectivity index (χ2v) is 4.23. The van der Waals surface area contributed by atoms with Gasteiger partial charge >= 0.3 is 5.97 Å². The number of Topliss-reactive ketones (excluding diaryl/α,β-unsaturated/α-hetero) is 1. The van der Waals surface area contributed by atoms with E-state index in [0.29, 0.717) is 6.42 Å². The minimum atomic E-state index is -0.837. The fourth-order valence-electron chi connectivity index (χ4n) is 2.39. The minimum absolute atomic E-state index is 0.0336. The molecule has 0 aromatic rings. The fourth-order valence-corrected chi connectivity index (χ4v) is 2.39.